The fourth-order valence-electron chi connectivity index (χ4n) is 2.42. The standard InChI is InChI=1S/C15H22N2O/c1-10(17-15(2,3)4)14(18)12-5-6-13-11(9-12)7-8-16-13/h5-6,9-10,16-17H,7-8H2,1-4H3. The molecular formula is C15H22N2O. The topological polar surface area (TPSA) is 41.1 Å². The number of rotatable bonds is 3. The van der Waals surface area contributed by atoms with Gasteiger partial charge < -0.3 is 10.6 Å². The molecule has 3 heteroatoms. The Balaban J connectivity index is 2.14. The van der Waals surface area contributed by atoms with Crippen LogP contribution < -0.4 is 10.6 Å². The van der Waals surface area contributed by atoms with Gasteiger partial charge in [-0.25, -0.2) is 0 Å². The van der Waals surface area contributed by atoms with Crippen molar-refractivity contribution in [3.63, 3.8) is 0 Å². The minimum atomic E-state index is -0.155. The summed E-state index contributed by atoms with van der Waals surface area (Å²) in [6, 6.07) is 5.80. The number of hydrogen-bond acceptors (Lipinski definition) is 3. The number of anilines is 1. The van der Waals surface area contributed by atoms with E-state index in [0.717, 1.165) is 18.5 Å². The maximum Gasteiger partial charge on any atom is 0.179 e. The van der Waals surface area contributed by atoms with Gasteiger partial charge in [0.05, 0.1) is 6.04 Å². The van der Waals surface area contributed by atoms with Crippen molar-refractivity contribution in [3.8, 4) is 0 Å². The summed E-state index contributed by atoms with van der Waals surface area (Å²) in [5, 5.41) is 6.63. The van der Waals surface area contributed by atoms with Gasteiger partial charge >= 0.3 is 0 Å². The molecule has 1 atom stereocenters. The van der Waals surface area contributed by atoms with Gasteiger partial charge in [-0.2, -0.15) is 0 Å². The Morgan fingerprint density at radius 1 is 1.39 bits per heavy atom. The molecule has 0 aliphatic carbocycles. The highest BCUT2D eigenvalue weighted by Gasteiger charge is 2.21. The third-order valence-corrected chi connectivity index (χ3v) is 3.14. The first-order chi connectivity index (χ1) is 8.37. The average molecular weight is 246 g/mol. The van der Waals surface area contributed by atoms with Gasteiger partial charge in [-0.1, -0.05) is 0 Å². The zero-order chi connectivity index (χ0) is 13.3. The summed E-state index contributed by atoms with van der Waals surface area (Å²) in [6.45, 7) is 9.12. The smallest absolute Gasteiger partial charge is 0.179 e. The van der Waals surface area contributed by atoms with Crippen LogP contribution in [-0.4, -0.2) is 23.9 Å². The van der Waals surface area contributed by atoms with Crippen LogP contribution in [0.3, 0.4) is 0 Å². The molecule has 0 saturated carbocycles. The lowest BCUT2D eigenvalue weighted by Crippen LogP contribution is -2.46. The normalized spacial score (nSPS) is 16.0. The molecule has 0 spiro atoms. The van der Waals surface area contributed by atoms with Crippen LogP contribution in [0.1, 0.15) is 43.6 Å². The second-order valence-corrected chi connectivity index (χ2v) is 6.03. The van der Waals surface area contributed by atoms with Crippen molar-refractivity contribution in [2.75, 3.05) is 11.9 Å². The highest BCUT2D eigenvalue weighted by Crippen LogP contribution is 2.23. The number of fused-ring (bicyclic) bond motifs is 1. The van der Waals surface area contributed by atoms with Crippen LogP contribution in [0.15, 0.2) is 18.2 Å². The molecule has 2 rings (SSSR count). The van der Waals surface area contributed by atoms with Crippen LogP contribution in [-0.2, 0) is 6.42 Å². The molecule has 0 saturated heterocycles. The largest absolute Gasteiger partial charge is 0.384 e. The van der Waals surface area contributed by atoms with Gasteiger partial charge in [0, 0.05) is 23.3 Å². The zero-order valence-electron chi connectivity index (χ0n) is 11.6. The van der Waals surface area contributed by atoms with Crippen LogP contribution >= 0.6 is 0 Å². The number of hydrogen-bond donors (Lipinski definition) is 2. The maximum atomic E-state index is 12.3. The van der Waals surface area contributed by atoms with Crippen LogP contribution in [0.5, 0.6) is 0 Å². The fourth-order valence-corrected chi connectivity index (χ4v) is 2.42. The Morgan fingerprint density at radius 2 is 2.11 bits per heavy atom. The third kappa shape index (κ3) is 2.91. The molecule has 98 valence electrons. The van der Waals surface area contributed by atoms with Crippen molar-refractivity contribution < 1.29 is 4.79 Å². The molecule has 0 amide bonds. The maximum absolute atomic E-state index is 12.3. The number of ketones is 1. The molecule has 18 heavy (non-hydrogen) atoms. The summed E-state index contributed by atoms with van der Waals surface area (Å²) < 4.78 is 0. The first kappa shape index (κ1) is 13.1. The monoisotopic (exact) mass is 246 g/mol. The van der Waals surface area contributed by atoms with Gasteiger partial charge in [0.2, 0.25) is 0 Å². The van der Waals surface area contributed by atoms with E-state index in [9.17, 15) is 4.79 Å². The van der Waals surface area contributed by atoms with Gasteiger partial charge in [-0.05, 0) is 57.9 Å². The van der Waals surface area contributed by atoms with E-state index in [0.29, 0.717) is 0 Å². The lowest BCUT2D eigenvalue weighted by Gasteiger charge is -2.25. The predicted octanol–water partition coefficient (Wildman–Crippen LogP) is 2.61. The van der Waals surface area contributed by atoms with Gasteiger partial charge in [0.1, 0.15) is 0 Å². The van der Waals surface area contributed by atoms with E-state index < -0.39 is 0 Å². The third-order valence-electron chi connectivity index (χ3n) is 3.14. The SMILES string of the molecule is CC(NC(C)(C)C)C(=O)c1ccc2c(c1)CCN2. The van der Waals surface area contributed by atoms with Crippen molar-refractivity contribution in [2.45, 2.75) is 45.7 Å². The molecule has 1 unspecified atom stereocenters. The second kappa shape index (κ2) is 4.73. The van der Waals surface area contributed by atoms with Gasteiger partial charge in [-0.3, -0.25) is 4.79 Å². The van der Waals surface area contributed by atoms with E-state index in [2.05, 4.69) is 31.4 Å². The summed E-state index contributed by atoms with van der Waals surface area (Å²) in [5.74, 6) is 0.166. The van der Waals surface area contributed by atoms with Gasteiger partial charge in [0.25, 0.3) is 0 Å². The minimum Gasteiger partial charge on any atom is -0.384 e. The Hall–Kier alpha value is -1.35. The molecule has 0 radical (unpaired) electrons. The number of Topliss-reactive ketones (excluding diaryl/α,β-unsaturated/α-hetero) is 1. The first-order valence-electron chi connectivity index (χ1n) is 6.55. The Labute approximate surface area is 109 Å². The molecule has 3 nitrogen and oxygen atoms in total. The molecule has 1 heterocycles. The molecular weight excluding hydrogens is 224 g/mol. The minimum absolute atomic E-state index is 0.0483. The second-order valence-electron chi connectivity index (χ2n) is 6.03. The fraction of sp³-hybridized carbons (Fsp3) is 0.533. The molecule has 1 aromatic carbocycles. The summed E-state index contributed by atoms with van der Waals surface area (Å²) in [4.78, 5) is 12.3. The van der Waals surface area contributed by atoms with Gasteiger partial charge in [0.15, 0.2) is 5.78 Å². The highest BCUT2D eigenvalue weighted by atomic mass is 16.1. The molecule has 1 aliphatic rings. The van der Waals surface area contributed by atoms with E-state index in [-0.39, 0.29) is 17.4 Å². The lowest BCUT2D eigenvalue weighted by molar-refractivity contribution is 0.0935. The molecule has 1 aliphatic heterocycles. The first-order valence-corrected chi connectivity index (χ1v) is 6.55. The van der Waals surface area contributed by atoms with Crippen molar-refractivity contribution in [1.29, 1.82) is 0 Å². The zero-order valence-corrected chi connectivity index (χ0v) is 11.6. The van der Waals surface area contributed by atoms with Crippen molar-refractivity contribution in [2.24, 2.45) is 0 Å². The van der Waals surface area contributed by atoms with E-state index in [4.69, 9.17) is 0 Å². The summed E-state index contributed by atoms with van der Waals surface area (Å²) in [6.07, 6.45) is 1.01. The van der Waals surface area contributed by atoms with Gasteiger partial charge in [-0.15, -0.1) is 0 Å². The van der Waals surface area contributed by atoms with Crippen molar-refractivity contribution in [1.82, 2.24) is 5.32 Å². The Bertz CT molecular complexity index is 460. The predicted molar refractivity (Wildman–Crippen MR) is 75.3 cm³/mol. The van der Waals surface area contributed by atoms with E-state index in [1.54, 1.807) is 0 Å². The number of nitrogens with one attached hydrogen (secondary N) is 2. The molecule has 1 aromatic rings. The Morgan fingerprint density at radius 3 is 2.78 bits per heavy atom. The van der Waals surface area contributed by atoms with Crippen LogP contribution in [0.2, 0.25) is 0 Å². The molecule has 2 N–H and O–H groups in total. The average Bonchev–Trinajstić information content (AvgIpc) is 2.72. The quantitative estimate of drug-likeness (QED) is 0.806. The summed E-state index contributed by atoms with van der Waals surface area (Å²) in [7, 11) is 0. The highest BCUT2D eigenvalue weighted by molar-refractivity contribution is 6.00. The summed E-state index contributed by atoms with van der Waals surface area (Å²) >= 11 is 0. The number of carbonyl (C=O) groups excluding carboxylic acids is 1. The van der Waals surface area contributed by atoms with E-state index in [1.807, 2.05) is 25.1 Å². The Kier molecular flexibility index (Phi) is 3.44. The van der Waals surface area contributed by atoms with Crippen LogP contribution in [0.4, 0.5) is 5.69 Å². The van der Waals surface area contributed by atoms with Crippen molar-refractivity contribution in [3.05, 3.63) is 29.3 Å². The summed E-state index contributed by atoms with van der Waals surface area (Å²) in [5.41, 5.74) is 3.18. The van der Waals surface area contributed by atoms with E-state index in [1.165, 1.54) is 11.3 Å². The molecule has 0 bridgehead atoms. The molecule has 0 fully saturated rings. The molecule has 0 aromatic heterocycles. The van der Waals surface area contributed by atoms with Crippen LogP contribution in [0.25, 0.3) is 0 Å². The lowest BCUT2D eigenvalue weighted by atomic mass is 9.99. The number of carbonyl (C=O) groups is 1. The number of benzene rings is 1. The van der Waals surface area contributed by atoms with Crippen molar-refractivity contribution >= 4 is 11.5 Å². The van der Waals surface area contributed by atoms with E-state index >= 15 is 0 Å². The van der Waals surface area contributed by atoms with Crippen LogP contribution in [0, 0.1) is 0 Å².